The largest absolute Gasteiger partial charge is 0.319 e. The highest BCUT2D eigenvalue weighted by molar-refractivity contribution is 14.1. The van der Waals surface area contributed by atoms with Crippen molar-refractivity contribution in [2.45, 2.75) is 0 Å². The molecule has 0 aliphatic carbocycles. The van der Waals surface area contributed by atoms with E-state index >= 15 is 0 Å². The van der Waals surface area contributed by atoms with Gasteiger partial charge in [0.05, 0.1) is 5.56 Å². The van der Waals surface area contributed by atoms with Gasteiger partial charge in [-0.1, -0.05) is 0 Å². The lowest BCUT2D eigenvalue weighted by Crippen LogP contribution is -1.98. The first kappa shape index (κ1) is 9.72. The molecular formula is C6H2BrIN2O2. The number of hydrogen-bond donors (Lipinski definition) is 0. The molecule has 0 aliphatic heterocycles. The van der Waals surface area contributed by atoms with E-state index in [0.29, 0.717) is 8.17 Å². The van der Waals surface area contributed by atoms with Crippen LogP contribution in [0.3, 0.4) is 0 Å². The Balaban J connectivity index is 3.18. The Morgan fingerprint density at radius 2 is 2.33 bits per heavy atom. The normalized spacial score (nSPS) is 9.50. The summed E-state index contributed by atoms with van der Waals surface area (Å²) in [6, 6.07) is 1.64. The quantitative estimate of drug-likeness (QED) is 0.448. The van der Waals surface area contributed by atoms with Crippen LogP contribution < -0.4 is 0 Å². The van der Waals surface area contributed by atoms with E-state index in [1.807, 2.05) is 22.6 Å². The molecule has 1 amide bonds. The Kier molecular flexibility index (Phi) is 3.27. The third-order valence-corrected chi connectivity index (χ3v) is 2.46. The number of nitrogens with zero attached hydrogens (tertiary/aromatic N) is 2. The summed E-state index contributed by atoms with van der Waals surface area (Å²) in [4.78, 5) is 24.5. The van der Waals surface area contributed by atoms with Gasteiger partial charge in [-0.3, -0.25) is 4.79 Å². The van der Waals surface area contributed by atoms with Crippen molar-refractivity contribution < 1.29 is 4.79 Å². The number of halogens is 2. The molecule has 0 aliphatic rings. The summed E-state index contributed by atoms with van der Waals surface area (Å²) in [6.45, 7) is 0. The third-order valence-electron chi connectivity index (χ3n) is 1.13. The minimum atomic E-state index is -0.792. The van der Waals surface area contributed by atoms with Gasteiger partial charge in [-0.25, -0.2) is 4.98 Å². The maximum Gasteiger partial charge on any atom is 0.319 e. The van der Waals surface area contributed by atoms with Crippen molar-refractivity contribution in [3.63, 3.8) is 0 Å². The van der Waals surface area contributed by atoms with Crippen LogP contribution in [-0.4, -0.2) is 10.9 Å². The van der Waals surface area contributed by atoms with Crippen molar-refractivity contribution in [3.05, 3.63) is 30.9 Å². The van der Waals surface area contributed by atoms with Crippen LogP contribution in [0.25, 0.3) is 0 Å². The molecule has 1 heterocycles. The van der Waals surface area contributed by atoms with E-state index in [1.165, 1.54) is 6.20 Å². The van der Waals surface area contributed by atoms with E-state index < -0.39 is 5.91 Å². The van der Waals surface area contributed by atoms with Crippen LogP contribution in [0.5, 0.6) is 0 Å². The van der Waals surface area contributed by atoms with E-state index in [9.17, 15) is 9.70 Å². The second kappa shape index (κ2) is 4.04. The first-order valence-electron chi connectivity index (χ1n) is 2.84. The molecule has 1 rings (SSSR count). The fraction of sp³-hybridized carbons (Fsp3) is 0. The molecule has 0 radical (unpaired) electrons. The van der Waals surface area contributed by atoms with Crippen molar-refractivity contribution in [1.82, 2.24) is 4.98 Å². The maximum atomic E-state index is 10.8. The zero-order valence-electron chi connectivity index (χ0n) is 5.62. The predicted octanol–water partition coefficient (Wildman–Crippen LogP) is 2.36. The molecule has 0 N–H and O–H groups in total. The van der Waals surface area contributed by atoms with Gasteiger partial charge in [0.1, 0.15) is 4.60 Å². The molecular weight excluding hydrogens is 339 g/mol. The Hall–Kier alpha value is -0.370. The second-order valence-corrected chi connectivity index (χ2v) is 3.86. The van der Waals surface area contributed by atoms with Crippen LogP contribution in [-0.2, 0) is 0 Å². The zero-order chi connectivity index (χ0) is 9.14. The average molecular weight is 341 g/mol. The highest BCUT2D eigenvalue weighted by Crippen LogP contribution is 2.16. The van der Waals surface area contributed by atoms with Crippen LogP contribution >= 0.6 is 38.5 Å². The summed E-state index contributed by atoms with van der Waals surface area (Å²) >= 11 is 5.07. The molecule has 6 heteroatoms. The molecule has 1 aromatic heterocycles. The summed E-state index contributed by atoms with van der Waals surface area (Å²) in [5, 5.41) is 2.30. The highest BCUT2D eigenvalue weighted by atomic mass is 127. The van der Waals surface area contributed by atoms with Crippen molar-refractivity contribution in [2.75, 3.05) is 0 Å². The fourth-order valence-electron chi connectivity index (χ4n) is 0.614. The van der Waals surface area contributed by atoms with E-state index in [0.717, 1.165) is 0 Å². The van der Waals surface area contributed by atoms with E-state index in [2.05, 4.69) is 26.1 Å². The Bertz CT molecular complexity index is 342. The molecule has 0 aromatic carbocycles. The minimum absolute atomic E-state index is 0.230. The van der Waals surface area contributed by atoms with Gasteiger partial charge in [-0.2, -0.15) is 0 Å². The minimum Gasteiger partial charge on any atom is -0.263 e. The number of aromatic nitrogens is 1. The van der Waals surface area contributed by atoms with E-state index in [4.69, 9.17) is 0 Å². The van der Waals surface area contributed by atoms with Gasteiger partial charge in [-0.05, 0) is 44.6 Å². The first-order valence-corrected chi connectivity index (χ1v) is 4.71. The average Bonchev–Trinajstić information content (AvgIpc) is 2.03. The van der Waals surface area contributed by atoms with Gasteiger partial charge in [0, 0.05) is 14.9 Å². The second-order valence-electron chi connectivity index (χ2n) is 1.88. The number of hydrogen-bond acceptors (Lipinski definition) is 3. The predicted molar refractivity (Wildman–Crippen MR) is 54.8 cm³/mol. The molecule has 1 aromatic rings. The summed E-state index contributed by atoms with van der Waals surface area (Å²) in [5.41, 5.74) is 0.230. The number of nitroso groups, excluding NO2 is 1. The van der Waals surface area contributed by atoms with Crippen molar-refractivity contribution in [1.29, 1.82) is 0 Å². The summed E-state index contributed by atoms with van der Waals surface area (Å²) in [5.74, 6) is -0.792. The molecule has 0 unspecified atom stereocenters. The smallest absolute Gasteiger partial charge is 0.263 e. The van der Waals surface area contributed by atoms with Crippen LogP contribution in [0.1, 0.15) is 10.4 Å². The highest BCUT2D eigenvalue weighted by Gasteiger charge is 2.10. The maximum absolute atomic E-state index is 10.8. The van der Waals surface area contributed by atoms with Gasteiger partial charge in [0.2, 0.25) is 0 Å². The number of amides is 1. The van der Waals surface area contributed by atoms with Gasteiger partial charge >= 0.3 is 5.91 Å². The Labute approximate surface area is 90.0 Å². The number of carbonyl (C=O) groups excluding carboxylic acids is 1. The Morgan fingerprint density at radius 3 is 2.83 bits per heavy atom. The van der Waals surface area contributed by atoms with E-state index in [1.54, 1.807) is 6.07 Å². The number of carbonyl (C=O) groups is 1. The van der Waals surface area contributed by atoms with Crippen molar-refractivity contribution in [3.8, 4) is 0 Å². The molecule has 0 saturated carbocycles. The fourth-order valence-corrected chi connectivity index (χ4v) is 2.04. The standard InChI is InChI=1S/C6H2BrIN2O2/c7-5-1-4(8)3(2-9-5)6(11)10-12/h1-2H. The monoisotopic (exact) mass is 340 g/mol. The molecule has 12 heavy (non-hydrogen) atoms. The number of rotatable bonds is 1. The van der Waals surface area contributed by atoms with Crippen LogP contribution in [0.4, 0.5) is 0 Å². The van der Waals surface area contributed by atoms with Gasteiger partial charge in [0.25, 0.3) is 0 Å². The van der Waals surface area contributed by atoms with Crippen LogP contribution in [0.2, 0.25) is 0 Å². The molecule has 0 spiro atoms. The zero-order valence-corrected chi connectivity index (χ0v) is 9.37. The summed E-state index contributed by atoms with van der Waals surface area (Å²) < 4.78 is 1.27. The SMILES string of the molecule is O=NC(=O)c1cnc(Br)cc1I. The lowest BCUT2D eigenvalue weighted by atomic mass is 10.3. The molecule has 4 nitrogen and oxygen atoms in total. The Morgan fingerprint density at radius 1 is 1.67 bits per heavy atom. The first-order chi connectivity index (χ1) is 5.65. The van der Waals surface area contributed by atoms with Crippen molar-refractivity contribution >= 4 is 44.4 Å². The third kappa shape index (κ3) is 2.07. The topological polar surface area (TPSA) is 59.4 Å². The molecule has 0 bridgehead atoms. The molecule has 0 atom stereocenters. The number of pyridine rings is 1. The lowest BCUT2D eigenvalue weighted by Gasteiger charge is -1.96. The molecule has 0 saturated heterocycles. The van der Waals surface area contributed by atoms with Gasteiger partial charge < -0.3 is 0 Å². The van der Waals surface area contributed by atoms with Crippen molar-refractivity contribution in [2.24, 2.45) is 5.18 Å². The van der Waals surface area contributed by atoms with Crippen LogP contribution in [0, 0.1) is 8.48 Å². The molecule has 62 valence electrons. The van der Waals surface area contributed by atoms with E-state index in [-0.39, 0.29) is 5.56 Å². The van der Waals surface area contributed by atoms with Crippen LogP contribution in [0.15, 0.2) is 22.0 Å². The summed E-state index contributed by atoms with van der Waals surface area (Å²) in [7, 11) is 0. The molecule has 0 fully saturated rings. The summed E-state index contributed by atoms with van der Waals surface area (Å²) in [6.07, 6.45) is 1.32. The van der Waals surface area contributed by atoms with Gasteiger partial charge in [0.15, 0.2) is 0 Å². The van der Waals surface area contributed by atoms with Gasteiger partial charge in [-0.15, -0.1) is 4.91 Å². The lowest BCUT2D eigenvalue weighted by molar-refractivity contribution is 0.0999.